The summed E-state index contributed by atoms with van der Waals surface area (Å²) < 4.78 is 16.1. The number of benzene rings is 1. The minimum absolute atomic E-state index is 0.0356. The molecule has 9 nitrogen and oxygen atoms in total. The summed E-state index contributed by atoms with van der Waals surface area (Å²) in [6, 6.07) is 5.78. The zero-order valence-electron chi connectivity index (χ0n) is 21.1. The van der Waals surface area contributed by atoms with Crippen molar-refractivity contribution in [1.29, 1.82) is 0 Å². The molecule has 1 fully saturated rings. The Bertz CT molecular complexity index is 828. The molecule has 3 amide bonds. The van der Waals surface area contributed by atoms with Crippen LogP contribution in [0.4, 0.5) is 4.79 Å². The number of aryl methyl sites for hydroxylation is 1. The molecule has 0 unspecified atom stereocenters. The first kappa shape index (κ1) is 27.3. The fourth-order valence-corrected chi connectivity index (χ4v) is 3.72. The van der Waals surface area contributed by atoms with E-state index >= 15 is 0 Å². The van der Waals surface area contributed by atoms with Gasteiger partial charge in [0.25, 0.3) is 0 Å². The third kappa shape index (κ3) is 9.49. The third-order valence-corrected chi connectivity index (χ3v) is 5.39. The average molecular weight is 478 g/mol. The first-order chi connectivity index (χ1) is 16.1. The van der Waals surface area contributed by atoms with Crippen LogP contribution in [-0.2, 0) is 20.7 Å². The molecule has 0 saturated carbocycles. The van der Waals surface area contributed by atoms with Gasteiger partial charge in [0.15, 0.2) is 11.5 Å². The molecule has 190 valence electrons. The SMILES string of the molecule is CCOc1ccc(CCC(=O)N2CCC(NC(=O)CCNC(=O)OC(C)(C)C)CC2)cc1OC. The van der Waals surface area contributed by atoms with Gasteiger partial charge in [0.05, 0.1) is 13.7 Å². The second-order valence-corrected chi connectivity index (χ2v) is 9.32. The number of piperidine rings is 1. The number of hydrogen-bond acceptors (Lipinski definition) is 6. The van der Waals surface area contributed by atoms with E-state index in [4.69, 9.17) is 14.2 Å². The van der Waals surface area contributed by atoms with E-state index in [1.54, 1.807) is 27.9 Å². The second-order valence-electron chi connectivity index (χ2n) is 9.32. The van der Waals surface area contributed by atoms with Crippen LogP contribution in [0.25, 0.3) is 0 Å². The molecule has 1 aromatic carbocycles. The smallest absolute Gasteiger partial charge is 0.407 e. The van der Waals surface area contributed by atoms with Crippen LogP contribution in [0.3, 0.4) is 0 Å². The highest BCUT2D eigenvalue weighted by atomic mass is 16.6. The highest BCUT2D eigenvalue weighted by Gasteiger charge is 2.24. The van der Waals surface area contributed by atoms with E-state index < -0.39 is 11.7 Å². The molecular weight excluding hydrogens is 438 g/mol. The Morgan fingerprint density at radius 3 is 2.41 bits per heavy atom. The molecule has 0 spiro atoms. The number of carbonyl (C=O) groups is 3. The largest absolute Gasteiger partial charge is 0.493 e. The summed E-state index contributed by atoms with van der Waals surface area (Å²) in [4.78, 5) is 38.3. The number of amides is 3. The highest BCUT2D eigenvalue weighted by molar-refractivity contribution is 5.78. The summed E-state index contributed by atoms with van der Waals surface area (Å²) in [6.07, 6.45) is 2.13. The quantitative estimate of drug-likeness (QED) is 0.537. The lowest BCUT2D eigenvalue weighted by molar-refractivity contribution is -0.132. The Hall–Kier alpha value is -2.97. The van der Waals surface area contributed by atoms with Crippen molar-refractivity contribution < 1.29 is 28.6 Å². The van der Waals surface area contributed by atoms with Crippen LogP contribution in [0.15, 0.2) is 18.2 Å². The molecule has 1 heterocycles. The van der Waals surface area contributed by atoms with Crippen molar-refractivity contribution >= 4 is 17.9 Å². The minimum Gasteiger partial charge on any atom is -0.493 e. The summed E-state index contributed by atoms with van der Waals surface area (Å²) in [5.74, 6) is 1.36. The molecule has 1 saturated heterocycles. The van der Waals surface area contributed by atoms with Crippen LogP contribution >= 0.6 is 0 Å². The van der Waals surface area contributed by atoms with Crippen LogP contribution in [0.2, 0.25) is 0 Å². The fraction of sp³-hybridized carbons (Fsp3) is 0.640. The molecule has 2 N–H and O–H groups in total. The first-order valence-corrected chi connectivity index (χ1v) is 11.9. The van der Waals surface area contributed by atoms with Gasteiger partial charge in [-0.05, 0) is 64.7 Å². The van der Waals surface area contributed by atoms with Crippen molar-refractivity contribution in [3.63, 3.8) is 0 Å². The number of nitrogens with zero attached hydrogens (tertiary/aromatic N) is 1. The van der Waals surface area contributed by atoms with Gasteiger partial charge in [-0.25, -0.2) is 4.79 Å². The molecule has 0 bridgehead atoms. The van der Waals surface area contributed by atoms with Crippen molar-refractivity contribution in [2.24, 2.45) is 0 Å². The summed E-state index contributed by atoms with van der Waals surface area (Å²) in [5.41, 5.74) is 0.453. The van der Waals surface area contributed by atoms with Gasteiger partial charge in [-0.1, -0.05) is 6.07 Å². The number of hydrogen-bond donors (Lipinski definition) is 2. The van der Waals surface area contributed by atoms with E-state index in [0.29, 0.717) is 56.9 Å². The van der Waals surface area contributed by atoms with Crippen LogP contribution in [0.5, 0.6) is 11.5 Å². The van der Waals surface area contributed by atoms with Crippen LogP contribution < -0.4 is 20.1 Å². The Morgan fingerprint density at radius 1 is 1.09 bits per heavy atom. The average Bonchev–Trinajstić information content (AvgIpc) is 2.77. The molecule has 34 heavy (non-hydrogen) atoms. The number of nitrogens with one attached hydrogen (secondary N) is 2. The molecular formula is C25H39N3O6. The Balaban J connectivity index is 1.68. The lowest BCUT2D eigenvalue weighted by Gasteiger charge is -2.32. The van der Waals surface area contributed by atoms with E-state index in [0.717, 1.165) is 5.56 Å². The van der Waals surface area contributed by atoms with E-state index in [1.165, 1.54) is 0 Å². The van der Waals surface area contributed by atoms with Crippen molar-refractivity contribution in [2.75, 3.05) is 33.4 Å². The summed E-state index contributed by atoms with van der Waals surface area (Å²) >= 11 is 0. The van der Waals surface area contributed by atoms with Crippen LogP contribution in [0, 0.1) is 0 Å². The zero-order valence-corrected chi connectivity index (χ0v) is 21.1. The Labute approximate surface area is 202 Å². The normalized spacial score (nSPS) is 14.3. The standard InChI is InChI=1S/C25H39N3O6/c1-6-33-20-9-7-18(17-21(20)32-5)8-10-23(30)28-15-12-19(13-16-28)27-22(29)11-14-26-24(31)34-25(2,3)4/h7,9,17,19H,6,8,10-16H2,1-5H3,(H,26,31)(H,27,29). The summed E-state index contributed by atoms with van der Waals surface area (Å²) in [6.45, 7) is 9.29. The number of rotatable bonds is 10. The number of likely N-dealkylation sites (tertiary alicyclic amines) is 1. The highest BCUT2D eigenvalue weighted by Crippen LogP contribution is 2.28. The Kier molecular flexibility index (Phi) is 10.5. The molecule has 9 heteroatoms. The maximum Gasteiger partial charge on any atom is 0.407 e. The predicted molar refractivity (Wildman–Crippen MR) is 129 cm³/mol. The molecule has 0 aromatic heterocycles. The van der Waals surface area contributed by atoms with Gasteiger partial charge in [-0.2, -0.15) is 0 Å². The maximum atomic E-state index is 12.7. The topological polar surface area (TPSA) is 106 Å². The number of alkyl carbamates (subject to hydrolysis) is 1. The van der Waals surface area contributed by atoms with Crippen LogP contribution in [0.1, 0.15) is 58.9 Å². The van der Waals surface area contributed by atoms with Gasteiger partial charge in [0, 0.05) is 38.5 Å². The van der Waals surface area contributed by atoms with Crippen molar-refractivity contribution in [3.05, 3.63) is 23.8 Å². The number of ether oxygens (including phenoxy) is 3. The Morgan fingerprint density at radius 2 is 1.79 bits per heavy atom. The van der Waals surface area contributed by atoms with Gasteiger partial charge in [0.2, 0.25) is 11.8 Å². The maximum absolute atomic E-state index is 12.7. The third-order valence-electron chi connectivity index (χ3n) is 5.39. The van der Waals surface area contributed by atoms with Crippen molar-refractivity contribution in [1.82, 2.24) is 15.5 Å². The monoisotopic (exact) mass is 477 g/mol. The van der Waals surface area contributed by atoms with E-state index in [-0.39, 0.29) is 30.8 Å². The minimum atomic E-state index is -0.571. The molecule has 1 aromatic rings. The van der Waals surface area contributed by atoms with Gasteiger partial charge in [-0.3, -0.25) is 9.59 Å². The van der Waals surface area contributed by atoms with Gasteiger partial charge < -0.3 is 29.7 Å². The van der Waals surface area contributed by atoms with Gasteiger partial charge >= 0.3 is 6.09 Å². The molecule has 1 aliphatic rings. The van der Waals surface area contributed by atoms with Gasteiger partial charge in [0.1, 0.15) is 5.60 Å². The molecule has 0 atom stereocenters. The molecule has 0 radical (unpaired) electrons. The lowest BCUT2D eigenvalue weighted by atomic mass is 10.0. The summed E-state index contributed by atoms with van der Waals surface area (Å²) in [5, 5.41) is 5.58. The second kappa shape index (κ2) is 13.1. The molecule has 0 aliphatic carbocycles. The molecule has 2 rings (SSSR count). The van der Waals surface area contributed by atoms with E-state index in [2.05, 4.69) is 10.6 Å². The molecule has 1 aliphatic heterocycles. The first-order valence-electron chi connectivity index (χ1n) is 11.9. The number of carbonyl (C=O) groups excluding carboxylic acids is 3. The van der Waals surface area contributed by atoms with Crippen molar-refractivity contribution in [3.8, 4) is 11.5 Å². The lowest BCUT2D eigenvalue weighted by Crippen LogP contribution is -2.47. The number of methoxy groups -OCH3 is 1. The predicted octanol–water partition coefficient (Wildman–Crippen LogP) is 3.05. The van der Waals surface area contributed by atoms with E-state index in [1.807, 2.05) is 30.0 Å². The fourth-order valence-electron chi connectivity index (χ4n) is 3.72. The van der Waals surface area contributed by atoms with Crippen molar-refractivity contribution in [2.45, 2.75) is 71.4 Å². The van der Waals surface area contributed by atoms with Crippen LogP contribution in [-0.4, -0.2) is 67.8 Å². The van der Waals surface area contributed by atoms with E-state index in [9.17, 15) is 14.4 Å². The summed E-state index contributed by atoms with van der Waals surface area (Å²) in [7, 11) is 1.60. The zero-order chi connectivity index (χ0) is 25.1. The van der Waals surface area contributed by atoms with Gasteiger partial charge in [-0.15, -0.1) is 0 Å².